The molecule has 1 aromatic rings. The van der Waals surface area contributed by atoms with E-state index in [0.29, 0.717) is 12.8 Å². The summed E-state index contributed by atoms with van der Waals surface area (Å²) in [5.41, 5.74) is 0.515. The predicted octanol–water partition coefficient (Wildman–Crippen LogP) is 2.26. The Kier molecular flexibility index (Phi) is 7.90. The maximum absolute atomic E-state index is 12.8. The van der Waals surface area contributed by atoms with Crippen LogP contribution in [0, 0.1) is 5.41 Å². The highest BCUT2D eigenvalue weighted by Gasteiger charge is 2.35. The SMILES string of the molecule is CCC(O)C(Cc1ccccc1)NC(=O)[C@@H](NC(=O)OC)C(C)(C)C. The monoisotopic (exact) mass is 350 g/mol. The summed E-state index contributed by atoms with van der Waals surface area (Å²) in [6, 6.07) is 8.45. The fourth-order valence-electron chi connectivity index (χ4n) is 2.55. The van der Waals surface area contributed by atoms with Gasteiger partial charge < -0.3 is 20.5 Å². The Morgan fingerprint density at radius 3 is 2.24 bits per heavy atom. The molecular formula is C19H30N2O4. The van der Waals surface area contributed by atoms with E-state index in [0.717, 1.165) is 5.56 Å². The van der Waals surface area contributed by atoms with Crippen LogP contribution in [0.4, 0.5) is 4.79 Å². The average Bonchev–Trinajstić information content (AvgIpc) is 2.57. The van der Waals surface area contributed by atoms with Gasteiger partial charge in [0, 0.05) is 0 Å². The molecule has 2 amide bonds. The molecule has 0 saturated carbocycles. The molecule has 0 aliphatic carbocycles. The topological polar surface area (TPSA) is 87.7 Å². The first-order valence-corrected chi connectivity index (χ1v) is 8.55. The van der Waals surface area contributed by atoms with Gasteiger partial charge in [-0.15, -0.1) is 0 Å². The number of aliphatic hydroxyl groups is 1. The van der Waals surface area contributed by atoms with Gasteiger partial charge in [0.15, 0.2) is 0 Å². The second-order valence-corrected chi connectivity index (χ2v) is 7.22. The highest BCUT2D eigenvalue weighted by atomic mass is 16.5. The van der Waals surface area contributed by atoms with Crippen LogP contribution >= 0.6 is 0 Å². The quantitative estimate of drug-likeness (QED) is 0.704. The summed E-state index contributed by atoms with van der Waals surface area (Å²) >= 11 is 0. The van der Waals surface area contributed by atoms with Gasteiger partial charge in [0.05, 0.1) is 19.3 Å². The fraction of sp³-hybridized carbons (Fsp3) is 0.579. The Labute approximate surface area is 150 Å². The van der Waals surface area contributed by atoms with Crippen molar-refractivity contribution in [2.75, 3.05) is 7.11 Å². The molecule has 6 nitrogen and oxygen atoms in total. The number of carbonyl (C=O) groups is 2. The van der Waals surface area contributed by atoms with Crippen molar-refractivity contribution in [2.45, 2.75) is 58.7 Å². The zero-order valence-corrected chi connectivity index (χ0v) is 15.7. The first kappa shape index (κ1) is 21.0. The lowest BCUT2D eigenvalue weighted by atomic mass is 9.85. The number of aliphatic hydroxyl groups excluding tert-OH is 1. The van der Waals surface area contributed by atoms with E-state index in [1.54, 1.807) is 0 Å². The Bertz CT molecular complexity index is 554. The van der Waals surface area contributed by atoms with Crippen LogP contribution in [0.5, 0.6) is 0 Å². The number of amides is 2. The maximum Gasteiger partial charge on any atom is 0.407 e. The van der Waals surface area contributed by atoms with E-state index in [1.807, 2.05) is 58.0 Å². The van der Waals surface area contributed by atoms with Crippen molar-refractivity contribution in [1.29, 1.82) is 0 Å². The fourth-order valence-corrected chi connectivity index (χ4v) is 2.55. The summed E-state index contributed by atoms with van der Waals surface area (Å²) in [6.45, 7) is 7.43. The van der Waals surface area contributed by atoms with Gasteiger partial charge in [0.2, 0.25) is 5.91 Å². The molecule has 1 rings (SSSR count). The minimum absolute atomic E-state index is 0.341. The van der Waals surface area contributed by atoms with Crippen LogP contribution in [0.15, 0.2) is 30.3 Å². The Hall–Kier alpha value is -2.08. The van der Waals surface area contributed by atoms with Crippen molar-refractivity contribution in [2.24, 2.45) is 5.41 Å². The molecule has 0 spiro atoms. The van der Waals surface area contributed by atoms with Crippen LogP contribution in [0.3, 0.4) is 0 Å². The average molecular weight is 350 g/mol. The highest BCUT2D eigenvalue weighted by molar-refractivity contribution is 5.86. The Morgan fingerprint density at radius 2 is 1.76 bits per heavy atom. The first-order valence-electron chi connectivity index (χ1n) is 8.55. The van der Waals surface area contributed by atoms with Gasteiger partial charge in [-0.1, -0.05) is 58.0 Å². The van der Waals surface area contributed by atoms with Crippen LogP contribution in [0.25, 0.3) is 0 Å². The number of rotatable bonds is 7. The number of alkyl carbamates (subject to hydrolysis) is 1. The number of methoxy groups -OCH3 is 1. The van der Waals surface area contributed by atoms with Gasteiger partial charge >= 0.3 is 6.09 Å². The third-order valence-corrected chi connectivity index (χ3v) is 4.08. The molecule has 0 aromatic heterocycles. The molecule has 2 unspecified atom stereocenters. The van der Waals surface area contributed by atoms with Crippen molar-refractivity contribution < 1.29 is 19.4 Å². The van der Waals surface area contributed by atoms with E-state index in [4.69, 9.17) is 0 Å². The van der Waals surface area contributed by atoms with Crippen molar-refractivity contribution >= 4 is 12.0 Å². The van der Waals surface area contributed by atoms with E-state index in [-0.39, 0.29) is 5.91 Å². The third-order valence-electron chi connectivity index (χ3n) is 4.08. The van der Waals surface area contributed by atoms with E-state index >= 15 is 0 Å². The summed E-state index contributed by atoms with van der Waals surface area (Å²) in [7, 11) is 1.26. The summed E-state index contributed by atoms with van der Waals surface area (Å²) in [6.07, 6.45) is -0.312. The van der Waals surface area contributed by atoms with Crippen LogP contribution < -0.4 is 10.6 Å². The zero-order valence-electron chi connectivity index (χ0n) is 15.7. The molecule has 0 bridgehead atoms. The molecular weight excluding hydrogens is 320 g/mol. The van der Waals surface area contributed by atoms with Crippen LogP contribution in [-0.2, 0) is 16.0 Å². The van der Waals surface area contributed by atoms with Crippen molar-refractivity contribution in [3.05, 3.63) is 35.9 Å². The molecule has 0 aliphatic rings. The van der Waals surface area contributed by atoms with E-state index in [1.165, 1.54) is 7.11 Å². The van der Waals surface area contributed by atoms with Gasteiger partial charge in [0.1, 0.15) is 6.04 Å². The number of benzene rings is 1. The summed E-state index contributed by atoms with van der Waals surface area (Å²) < 4.78 is 4.62. The molecule has 0 radical (unpaired) electrons. The number of hydrogen-bond donors (Lipinski definition) is 3. The Balaban J connectivity index is 2.92. The predicted molar refractivity (Wildman–Crippen MR) is 97.2 cm³/mol. The molecule has 3 N–H and O–H groups in total. The van der Waals surface area contributed by atoms with Crippen LogP contribution in [-0.4, -0.2) is 42.4 Å². The maximum atomic E-state index is 12.8. The Morgan fingerprint density at radius 1 is 1.16 bits per heavy atom. The lowest BCUT2D eigenvalue weighted by Gasteiger charge is -2.32. The van der Waals surface area contributed by atoms with Gasteiger partial charge in [-0.05, 0) is 23.8 Å². The van der Waals surface area contributed by atoms with Gasteiger partial charge in [0.25, 0.3) is 0 Å². The molecule has 0 aliphatic heterocycles. The first-order chi connectivity index (χ1) is 11.7. The van der Waals surface area contributed by atoms with Crippen molar-refractivity contribution in [1.82, 2.24) is 10.6 Å². The normalized spacial score (nSPS) is 15.0. The van der Waals surface area contributed by atoms with Crippen molar-refractivity contribution in [3.8, 4) is 0 Å². The summed E-state index contributed by atoms with van der Waals surface area (Å²) in [4.78, 5) is 24.3. The van der Waals surface area contributed by atoms with E-state index < -0.39 is 29.7 Å². The number of nitrogens with one attached hydrogen (secondary N) is 2. The van der Waals surface area contributed by atoms with Crippen LogP contribution in [0.2, 0.25) is 0 Å². The minimum atomic E-state index is -0.776. The molecule has 0 heterocycles. The molecule has 0 saturated heterocycles. The molecule has 0 fully saturated rings. The third kappa shape index (κ3) is 6.74. The number of ether oxygens (including phenoxy) is 1. The minimum Gasteiger partial charge on any atom is -0.453 e. The van der Waals surface area contributed by atoms with E-state index in [2.05, 4.69) is 15.4 Å². The summed E-state index contributed by atoms with van der Waals surface area (Å²) in [5.74, 6) is -0.341. The molecule has 25 heavy (non-hydrogen) atoms. The van der Waals surface area contributed by atoms with Crippen molar-refractivity contribution in [3.63, 3.8) is 0 Å². The smallest absolute Gasteiger partial charge is 0.407 e. The standard InChI is InChI=1S/C19H30N2O4/c1-6-15(22)14(12-13-10-8-7-9-11-13)20-17(23)16(19(2,3)4)21-18(24)25-5/h7-11,14-16,22H,6,12H2,1-5H3,(H,20,23)(H,21,24)/t14?,15?,16-/m1/s1. The number of carbonyl (C=O) groups excluding carboxylic acids is 2. The highest BCUT2D eigenvalue weighted by Crippen LogP contribution is 2.20. The van der Waals surface area contributed by atoms with Gasteiger partial charge in [-0.3, -0.25) is 4.79 Å². The number of hydrogen-bond acceptors (Lipinski definition) is 4. The molecule has 140 valence electrons. The van der Waals surface area contributed by atoms with Gasteiger partial charge in [-0.2, -0.15) is 0 Å². The largest absolute Gasteiger partial charge is 0.453 e. The van der Waals surface area contributed by atoms with E-state index in [9.17, 15) is 14.7 Å². The lowest BCUT2D eigenvalue weighted by Crippen LogP contribution is -2.57. The molecule has 1 aromatic carbocycles. The molecule has 3 atom stereocenters. The summed E-state index contributed by atoms with van der Waals surface area (Å²) in [5, 5.41) is 15.8. The second kappa shape index (κ2) is 9.42. The zero-order chi connectivity index (χ0) is 19.0. The van der Waals surface area contributed by atoms with Gasteiger partial charge in [-0.25, -0.2) is 4.79 Å². The molecule has 6 heteroatoms. The second-order valence-electron chi connectivity index (χ2n) is 7.22. The lowest BCUT2D eigenvalue weighted by molar-refractivity contribution is -0.127. The van der Waals surface area contributed by atoms with Crippen LogP contribution in [0.1, 0.15) is 39.7 Å².